The molecule has 0 unspecified atom stereocenters. The van der Waals surface area contributed by atoms with Crippen LogP contribution in [0.3, 0.4) is 0 Å². The first-order valence-electron chi connectivity index (χ1n) is 6.96. The van der Waals surface area contributed by atoms with Crippen LogP contribution >= 0.6 is 39.0 Å². The highest BCUT2D eigenvalue weighted by Crippen LogP contribution is 2.27. The quantitative estimate of drug-likeness (QED) is 0.429. The van der Waals surface area contributed by atoms with Gasteiger partial charge in [-0.15, -0.1) is 10.2 Å². The van der Waals surface area contributed by atoms with Crippen molar-refractivity contribution in [3.63, 3.8) is 0 Å². The third-order valence-corrected chi connectivity index (χ3v) is 5.23. The van der Waals surface area contributed by atoms with Gasteiger partial charge in [-0.05, 0) is 30.3 Å². The lowest BCUT2D eigenvalue weighted by Gasteiger charge is -2.04. The Balaban J connectivity index is 1.44. The predicted octanol–water partition coefficient (Wildman–Crippen LogP) is 5.22. The van der Waals surface area contributed by atoms with Crippen LogP contribution in [0.1, 0.15) is 0 Å². The maximum Gasteiger partial charge on any atom is 0.210 e. The summed E-state index contributed by atoms with van der Waals surface area (Å²) in [6, 6.07) is 17.8. The van der Waals surface area contributed by atoms with Gasteiger partial charge in [0.05, 0.1) is 6.61 Å². The molecule has 1 heterocycles. The van der Waals surface area contributed by atoms with Crippen molar-refractivity contribution >= 4 is 49.8 Å². The summed E-state index contributed by atoms with van der Waals surface area (Å²) in [6.07, 6.45) is 0. The van der Waals surface area contributed by atoms with E-state index in [4.69, 9.17) is 4.74 Å². The fourth-order valence-electron chi connectivity index (χ4n) is 1.81. The molecule has 0 bridgehead atoms. The molecular weight excluding hydrogens is 394 g/mol. The number of ether oxygens (including phenoxy) is 1. The van der Waals surface area contributed by atoms with Gasteiger partial charge in [-0.3, -0.25) is 0 Å². The summed E-state index contributed by atoms with van der Waals surface area (Å²) in [5.74, 6) is 1.69. The molecule has 2 aromatic carbocycles. The Kier molecular flexibility index (Phi) is 5.90. The van der Waals surface area contributed by atoms with E-state index in [1.165, 1.54) is 0 Å². The van der Waals surface area contributed by atoms with Crippen LogP contribution in [0.4, 0.5) is 10.8 Å². The fourth-order valence-corrected chi connectivity index (χ4v) is 3.85. The van der Waals surface area contributed by atoms with Crippen LogP contribution in [0, 0.1) is 0 Å². The van der Waals surface area contributed by atoms with Crippen LogP contribution in [-0.4, -0.2) is 22.6 Å². The standard InChI is InChI=1S/C16H14BrN3OS2/c17-12-5-4-8-14(11-12)21-9-10-22-16-20-19-15(23-16)18-13-6-2-1-3-7-13/h1-8,11H,9-10H2,(H,18,19). The van der Waals surface area contributed by atoms with Gasteiger partial charge < -0.3 is 10.1 Å². The van der Waals surface area contributed by atoms with Crippen molar-refractivity contribution < 1.29 is 4.74 Å². The maximum absolute atomic E-state index is 5.70. The molecule has 1 N–H and O–H groups in total. The van der Waals surface area contributed by atoms with Crippen LogP contribution in [0.15, 0.2) is 63.4 Å². The first-order chi connectivity index (χ1) is 11.3. The third-order valence-electron chi connectivity index (χ3n) is 2.81. The maximum atomic E-state index is 5.70. The highest BCUT2D eigenvalue weighted by Gasteiger charge is 2.05. The van der Waals surface area contributed by atoms with Crippen molar-refractivity contribution in [2.24, 2.45) is 0 Å². The second-order valence-electron chi connectivity index (χ2n) is 4.52. The lowest BCUT2D eigenvalue weighted by atomic mass is 10.3. The second-order valence-corrected chi connectivity index (χ2v) is 7.75. The summed E-state index contributed by atoms with van der Waals surface area (Å²) < 4.78 is 7.65. The number of anilines is 2. The largest absolute Gasteiger partial charge is 0.493 e. The molecule has 0 aliphatic heterocycles. The Morgan fingerprint density at radius 2 is 1.96 bits per heavy atom. The Labute approximate surface area is 151 Å². The molecule has 0 spiro atoms. The number of benzene rings is 2. The molecule has 4 nitrogen and oxygen atoms in total. The number of para-hydroxylation sites is 1. The van der Waals surface area contributed by atoms with E-state index in [2.05, 4.69) is 31.4 Å². The summed E-state index contributed by atoms with van der Waals surface area (Å²) in [4.78, 5) is 0. The molecule has 0 fully saturated rings. The van der Waals surface area contributed by atoms with E-state index in [0.29, 0.717) is 6.61 Å². The van der Waals surface area contributed by atoms with Crippen LogP contribution in [0.5, 0.6) is 5.75 Å². The second kappa shape index (κ2) is 8.33. The Hall–Kier alpha value is -1.57. The van der Waals surface area contributed by atoms with Gasteiger partial charge in [0, 0.05) is 15.9 Å². The molecule has 0 aliphatic carbocycles. The first-order valence-corrected chi connectivity index (χ1v) is 9.56. The highest BCUT2D eigenvalue weighted by molar-refractivity contribution is 9.10. The normalized spacial score (nSPS) is 10.5. The van der Waals surface area contributed by atoms with Crippen LogP contribution in [0.25, 0.3) is 0 Å². The van der Waals surface area contributed by atoms with Gasteiger partial charge in [0.2, 0.25) is 5.13 Å². The molecule has 0 saturated carbocycles. The summed E-state index contributed by atoms with van der Waals surface area (Å²) in [5, 5.41) is 12.4. The van der Waals surface area contributed by atoms with E-state index in [0.717, 1.165) is 31.1 Å². The van der Waals surface area contributed by atoms with Gasteiger partial charge in [0.1, 0.15) is 5.75 Å². The van der Waals surface area contributed by atoms with Crippen molar-refractivity contribution in [1.29, 1.82) is 0 Å². The number of thioether (sulfide) groups is 1. The molecule has 0 aliphatic rings. The molecule has 0 saturated heterocycles. The molecule has 7 heteroatoms. The zero-order chi connectivity index (χ0) is 15.9. The molecule has 0 atom stereocenters. The van der Waals surface area contributed by atoms with E-state index < -0.39 is 0 Å². The summed E-state index contributed by atoms with van der Waals surface area (Å²) in [5.41, 5.74) is 1.01. The van der Waals surface area contributed by atoms with Gasteiger partial charge in [-0.2, -0.15) is 0 Å². The topological polar surface area (TPSA) is 47.0 Å². The van der Waals surface area contributed by atoms with Crippen molar-refractivity contribution in [2.45, 2.75) is 4.34 Å². The molecule has 1 aromatic heterocycles. The van der Waals surface area contributed by atoms with Crippen molar-refractivity contribution in [3.8, 4) is 5.75 Å². The predicted molar refractivity (Wildman–Crippen MR) is 100.0 cm³/mol. The van der Waals surface area contributed by atoms with Crippen LogP contribution in [-0.2, 0) is 0 Å². The van der Waals surface area contributed by atoms with Gasteiger partial charge in [0.15, 0.2) is 4.34 Å². The average Bonchev–Trinajstić information content (AvgIpc) is 3.00. The van der Waals surface area contributed by atoms with E-state index in [-0.39, 0.29) is 0 Å². The zero-order valence-electron chi connectivity index (χ0n) is 12.1. The van der Waals surface area contributed by atoms with Gasteiger partial charge in [-0.25, -0.2) is 0 Å². The van der Waals surface area contributed by atoms with E-state index in [1.54, 1.807) is 23.1 Å². The minimum absolute atomic E-state index is 0.627. The van der Waals surface area contributed by atoms with Gasteiger partial charge in [-0.1, -0.05) is 63.3 Å². The highest BCUT2D eigenvalue weighted by atomic mass is 79.9. The first kappa shape index (κ1) is 16.3. The number of nitrogens with one attached hydrogen (secondary N) is 1. The van der Waals surface area contributed by atoms with Crippen molar-refractivity contribution in [1.82, 2.24) is 10.2 Å². The summed E-state index contributed by atoms with van der Waals surface area (Å²) in [6.45, 7) is 0.627. The number of hydrogen-bond acceptors (Lipinski definition) is 6. The smallest absolute Gasteiger partial charge is 0.210 e. The minimum atomic E-state index is 0.627. The average molecular weight is 408 g/mol. The number of hydrogen-bond donors (Lipinski definition) is 1. The number of nitrogens with zero attached hydrogens (tertiary/aromatic N) is 2. The van der Waals surface area contributed by atoms with E-state index in [9.17, 15) is 0 Å². The minimum Gasteiger partial charge on any atom is -0.493 e. The Morgan fingerprint density at radius 3 is 2.78 bits per heavy atom. The zero-order valence-corrected chi connectivity index (χ0v) is 15.3. The molecule has 23 heavy (non-hydrogen) atoms. The molecule has 0 amide bonds. The Morgan fingerprint density at radius 1 is 1.09 bits per heavy atom. The summed E-state index contributed by atoms with van der Waals surface area (Å²) in [7, 11) is 0. The third kappa shape index (κ3) is 5.23. The van der Waals surface area contributed by atoms with Crippen molar-refractivity contribution in [2.75, 3.05) is 17.7 Å². The lowest BCUT2D eigenvalue weighted by molar-refractivity contribution is 0.344. The van der Waals surface area contributed by atoms with Crippen LogP contribution in [0.2, 0.25) is 0 Å². The molecule has 118 valence electrons. The molecule has 3 rings (SSSR count). The molecular formula is C16H14BrN3OS2. The fraction of sp³-hybridized carbons (Fsp3) is 0.125. The monoisotopic (exact) mass is 407 g/mol. The van der Waals surface area contributed by atoms with E-state index in [1.807, 2.05) is 54.6 Å². The SMILES string of the molecule is Brc1cccc(OCCSc2nnc(Nc3ccccc3)s2)c1. The van der Waals surface area contributed by atoms with E-state index >= 15 is 0 Å². The number of rotatable bonds is 7. The summed E-state index contributed by atoms with van der Waals surface area (Å²) >= 11 is 6.62. The van der Waals surface area contributed by atoms with Crippen LogP contribution < -0.4 is 10.1 Å². The number of aromatic nitrogens is 2. The number of halogens is 1. The Bertz CT molecular complexity index is 752. The van der Waals surface area contributed by atoms with Gasteiger partial charge in [0.25, 0.3) is 0 Å². The molecule has 0 radical (unpaired) electrons. The lowest BCUT2D eigenvalue weighted by Crippen LogP contribution is -1.99. The van der Waals surface area contributed by atoms with Gasteiger partial charge >= 0.3 is 0 Å². The van der Waals surface area contributed by atoms with Crippen molar-refractivity contribution in [3.05, 3.63) is 59.1 Å². The molecule has 3 aromatic rings.